The normalized spacial score (nSPS) is 16.2. The molecule has 6 heteroatoms. The van der Waals surface area contributed by atoms with Gasteiger partial charge < -0.3 is 15.4 Å². The van der Waals surface area contributed by atoms with Crippen molar-refractivity contribution in [3.05, 3.63) is 71.0 Å². The third-order valence-electron chi connectivity index (χ3n) is 5.33. The van der Waals surface area contributed by atoms with Crippen molar-refractivity contribution in [2.45, 2.75) is 31.7 Å². The molecule has 3 rings (SSSR count). The Hall–Kier alpha value is -1.67. The number of aryl methyl sites for hydroxylation is 1. The monoisotopic (exact) mass is 497 g/mol. The lowest BCUT2D eigenvalue weighted by atomic mass is 9.72. The van der Waals surface area contributed by atoms with E-state index in [2.05, 4.69) is 46.8 Å². The Bertz CT molecular complexity index is 791. The van der Waals surface area contributed by atoms with Crippen molar-refractivity contribution in [2.75, 3.05) is 26.8 Å². The summed E-state index contributed by atoms with van der Waals surface area (Å²) in [6, 6.07) is 15.2. The van der Waals surface area contributed by atoms with Gasteiger partial charge in [-0.15, -0.1) is 24.0 Å². The summed E-state index contributed by atoms with van der Waals surface area (Å²) < 4.78 is 19.0. The first-order chi connectivity index (χ1) is 13.1. The van der Waals surface area contributed by atoms with E-state index in [-0.39, 0.29) is 35.2 Å². The highest BCUT2D eigenvalue weighted by molar-refractivity contribution is 14.0. The number of hydrogen-bond acceptors (Lipinski definition) is 2. The number of rotatable bonds is 5. The van der Waals surface area contributed by atoms with Gasteiger partial charge in [0.25, 0.3) is 0 Å². The predicted octanol–water partition coefficient (Wildman–Crippen LogP) is 4.17. The number of guanidine groups is 1. The molecular weight excluding hydrogens is 468 g/mol. The molecule has 1 aliphatic rings. The Kier molecular flexibility index (Phi) is 8.69. The first-order valence-electron chi connectivity index (χ1n) is 9.46. The largest absolute Gasteiger partial charge is 0.381 e. The highest BCUT2D eigenvalue weighted by Gasteiger charge is 2.35. The molecule has 1 fully saturated rings. The predicted molar refractivity (Wildman–Crippen MR) is 123 cm³/mol. The van der Waals surface area contributed by atoms with E-state index in [1.54, 1.807) is 13.1 Å². The number of ether oxygens (including phenoxy) is 1. The molecule has 0 bridgehead atoms. The standard InChI is InChI=1S/C22H28FN3O.HI/c1-17-6-3-4-9-20(17)22(10-12-27-13-11-22)16-26-21(24-2)25-15-18-7-5-8-19(23)14-18;/h3-9,14H,10-13,15-16H2,1-2H3,(H2,24,25,26);1H. The van der Waals surface area contributed by atoms with Gasteiger partial charge in [0.1, 0.15) is 5.82 Å². The van der Waals surface area contributed by atoms with Crippen LogP contribution in [0.1, 0.15) is 29.5 Å². The van der Waals surface area contributed by atoms with Gasteiger partial charge in [-0.3, -0.25) is 4.99 Å². The Morgan fingerprint density at radius 1 is 1.11 bits per heavy atom. The van der Waals surface area contributed by atoms with Crippen LogP contribution >= 0.6 is 24.0 Å². The maximum Gasteiger partial charge on any atom is 0.191 e. The van der Waals surface area contributed by atoms with Crippen LogP contribution in [0.3, 0.4) is 0 Å². The fourth-order valence-corrected chi connectivity index (χ4v) is 3.78. The third-order valence-corrected chi connectivity index (χ3v) is 5.33. The lowest BCUT2D eigenvalue weighted by Crippen LogP contribution is -2.48. The summed E-state index contributed by atoms with van der Waals surface area (Å²) in [7, 11) is 1.76. The molecule has 1 aliphatic heterocycles. The number of nitrogens with one attached hydrogen (secondary N) is 2. The van der Waals surface area contributed by atoms with E-state index in [1.807, 2.05) is 6.07 Å². The van der Waals surface area contributed by atoms with Crippen LogP contribution in [0.5, 0.6) is 0 Å². The molecule has 2 aromatic carbocycles. The molecule has 4 nitrogen and oxygen atoms in total. The second-order valence-electron chi connectivity index (χ2n) is 7.12. The maximum atomic E-state index is 13.4. The SMILES string of the molecule is CN=C(NCc1cccc(F)c1)NCC1(c2ccccc2C)CCOCC1.I. The van der Waals surface area contributed by atoms with Gasteiger partial charge >= 0.3 is 0 Å². The van der Waals surface area contributed by atoms with Crippen molar-refractivity contribution in [2.24, 2.45) is 4.99 Å². The molecular formula is C22H29FIN3O. The zero-order valence-electron chi connectivity index (χ0n) is 16.5. The number of benzene rings is 2. The molecule has 0 aliphatic carbocycles. The molecule has 1 heterocycles. The van der Waals surface area contributed by atoms with Crippen LogP contribution in [-0.2, 0) is 16.7 Å². The molecule has 0 amide bonds. The highest BCUT2D eigenvalue weighted by atomic mass is 127. The highest BCUT2D eigenvalue weighted by Crippen LogP contribution is 2.36. The molecule has 0 unspecified atom stereocenters. The van der Waals surface area contributed by atoms with Gasteiger partial charge in [-0.2, -0.15) is 0 Å². The fraction of sp³-hybridized carbons (Fsp3) is 0.409. The first-order valence-corrected chi connectivity index (χ1v) is 9.46. The van der Waals surface area contributed by atoms with E-state index in [9.17, 15) is 4.39 Å². The van der Waals surface area contributed by atoms with E-state index in [1.165, 1.54) is 23.3 Å². The molecule has 0 saturated carbocycles. The van der Waals surface area contributed by atoms with Crippen LogP contribution in [0.2, 0.25) is 0 Å². The van der Waals surface area contributed by atoms with E-state index in [4.69, 9.17) is 4.74 Å². The van der Waals surface area contributed by atoms with Gasteiger partial charge in [-0.1, -0.05) is 36.4 Å². The van der Waals surface area contributed by atoms with Gasteiger partial charge in [0, 0.05) is 38.8 Å². The minimum absolute atomic E-state index is 0. The lowest BCUT2D eigenvalue weighted by Gasteiger charge is -2.39. The minimum Gasteiger partial charge on any atom is -0.381 e. The molecule has 1 saturated heterocycles. The summed E-state index contributed by atoms with van der Waals surface area (Å²) in [5.74, 6) is 0.497. The molecule has 0 spiro atoms. The van der Waals surface area contributed by atoms with E-state index in [0.717, 1.165) is 44.1 Å². The lowest BCUT2D eigenvalue weighted by molar-refractivity contribution is 0.0512. The first kappa shape index (κ1) is 22.6. The molecule has 2 N–H and O–H groups in total. The zero-order valence-corrected chi connectivity index (χ0v) is 18.8. The van der Waals surface area contributed by atoms with Crippen molar-refractivity contribution >= 4 is 29.9 Å². The zero-order chi connectivity index (χ0) is 19.1. The van der Waals surface area contributed by atoms with Crippen molar-refractivity contribution in [3.63, 3.8) is 0 Å². The quantitative estimate of drug-likeness (QED) is 0.371. The third kappa shape index (κ3) is 5.67. The topological polar surface area (TPSA) is 45.7 Å². The number of nitrogens with zero attached hydrogens (tertiary/aromatic N) is 1. The van der Waals surface area contributed by atoms with Gasteiger partial charge in [-0.05, 0) is 48.6 Å². The van der Waals surface area contributed by atoms with Gasteiger partial charge in [0.15, 0.2) is 5.96 Å². The second kappa shape index (κ2) is 10.8. The van der Waals surface area contributed by atoms with Gasteiger partial charge in [-0.25, -0.2) is 4.39 Å². The van der Waals surface area contributed by atoms with Crippen molar-refractivity contribution in [1.29, 1.82) is 0 Å². The number of aliphatic imine (C=N–C) groups is 1. The molecule has 152 valence electrons. The van der Waals surface area contributed by atoms with Crippen molar-refractivity contribution in [1.82, 2.24) is 10.6 Å². The van der Waals surface area contributed by atoms with Crippen LogP contribution in [0.4, 0.5) is 4.39 Å². The Balaban J connectivity index is 0.00000280. The molecule has 2 aromatic rings. The average molecular weight is 497 g/mol. The minimum atomic E-state index is -0.224. The van der Waals surface area contributed by atoms with Crippen LogP contribution < -0.4 is 10.6 Å². The summed E-state index contributed by atoms with van der Waals surface area (Å²) in [6.07, 6.45) is 1.96. The summed E-state index contributed by atoms with van der Waals surface area (Å²) in [4.78, 5) is 4.33. The van der Waals surface area contributed by atoms with Crippen LogP contribution in [0, 0.1) is 12.7 Å². The van der Waals surface area contributed by atoms with E-state index >= 15 is 0 Å². The van der Waals surface area contributed by atoms with Crippen LogP contribution in [0.15, 0.2) is 53.5 Å². The maximum absolute atomic E-state index is 13.4. The van der Waals surface area contributed by atoms with Crippen molar-refractivity contribution in [3.8, 4) is 0 Å². The summed E-state index contributed by atoms with van der Waals surface area (Å²) >= 11 is 0. The molecule has 0 radical (unpaired) electrons. The molecule has 0 atom stereocenters. The number of hydrogen-bond donors (Lipinski definition) is 2. The van der Waals surface area contributed by atoms with Crippen LogP contribution in [0.25, 0.3) is 0 Å². The number of halogens is 2. The molecule has 0 aromatic heterocycles. The van der Waals surface area contributed by atoms with Gasteiger partial charge in [0.2, 0.25) is 0 Å². The van der Waals surface area contributed by atoms with E-state index < -0.39 is 0 Å². The van der Waals surface area contributed by atoms with Crippen LogP contribution in [-0.4, -0.2) is 32.8 Å². The second-order valence-corrected chi connectivity index (χ2v) is 7.12. The average Bonchev–Trinajstić information content (AvgIpc) is 2.69. The Morgan fingerprint density at radius 3 is 2.54 bits per heavy atom. The fourth-order valence-electron chi connectivity index (χ4n) is 3.78. The van der Waals surface area contributed by atoms with Crippen molar-refractivity contribution < 1.29 is 9.13 Å². The smallest absolute Gasteiger partial charge is 0.191 e. The van der Waals surface area contributed by atoms with Gasteiger partial charge in [0.05, 0.1) is 0 Å². The molecule has 28 heavy (non-hydrogen) atoms. The summed E-state index contributed by atoms with van der Waals surface area (Å²) in [5.41, 5.74) is 3.60. The Morgan fingerprint density at radius 2 is 1.86 bits per heavy atom. The van der Waals surface area contributed by atoms with E-state index in [0.29, 0.717) is 6.54 Å². The summed E-state index contributed by atoms with van der Waals surface area (Å²) in [5, 5.41) is 6.76. The summed E-state index contributed by atoms with van der Waals surface area (Å²) in [6.45, 7) is 5.02. The Labute approximate surface area is 184 Å².